The van der Waals surface area contributed by atoms with Gasteiger partial charge in [-0.05, 0) is 288 Å². The van der Waals surface area contributed by atoms with Gasteiger partial charge >= 0.3 is 0 Å². The van der Waals surface area contributed by atoms with E-state index in [1.54, 1.807) is 16.7 Å². The fourth-order valence-electron chi connectivity index (χ4n) is 20.0. The highest BCUT2D eigenvalue weighted by atomic mass is 79.9. The summed E-state index contributed by atoms with van der Waals surface area (Å²) in [5, 5.41) is 72.5. The second kappa shape index (κ2) is 38.4. The minimum absolute atomic E-state index is 0.362. The van der Waals surface area contributed by atoms with Crippen LogP contribution in [-0.4, -0.2) is 108 Å². The Labute approximate surface area is 608 Å². The standard InChI is InChI=1S/2C29H48O3.C19H33BrO.C7H18N.2C2H6/c2*1-19(10-8-16-27(3,4)32)23-14-15-24-21(11-9-17-29(23,24)7)12-13-22-18-25(30)28(5,6)26(31)20(22)2;1-14(7-5-11-18(2,3)21)16-9-10-17-15(13-20)8-6-12-19(16,17)4;1-5-8(4,6-2)7-3;2*1-2/h2*12-13,19,23-26,30-32H,2,8-11,14-18H2,1,3-7H3;13-14,16-17,21H,5-12H2,1-4H3;5-7H2,1-4H3;2*1-2H3/q;;;+1;;/b2*21-12+,22-13-;15-13+;;;/t19-,23?,24?,25+,26-,29-;19-,23?,24?,25-,26+,29-;14-,16?,17?,19-;;;/m111.../s1. The largest absolute Gasteiger partial charge is 0.392 e. The van der Waals surface area contributed by atoms with Crippen LogP contribution < -0.4 is 0 Å². The highest BCUT2D eigenvalue weighted by Gasteiger charge is 2.54. The van der Waals surface area contributed by atoms with Crippen molar-refractivity contribution < 1.29 is 40.2 Å². The molecule has 9 heteroatoms. The SMILES string of the molecule is C=C1/C(=C\C=C2/CCC[C@@]3(C)C2CCC3[C@H](C)CCCC(C)(C)O)C[C@@H](O)C(C)(C)[C@H]1O.C=C1/C(=C\C=C2/CCC[C@@]3(C)C2CCC3[C@H](C)CCCC(C)(C)O)C[C@H](O)C(C)(C)[C@@H]1O.CC.CC.CC[N+](C)(CC)CC.C[C@H](CCCC(C)(C)O)C1CCC2/C(=C/Br)CCC[C@@]21C. The van der Waals surface area contributed by atoms with Gasteiger partial charge in [-0.1, -0.05) is 206 Å². The van der Waals surface area contributed by atoms with Crippen LogP contribution in [-0.2, 0) is 0 Å². The number of halogens is 1. The highest BCUT2D eigenvalue weighted by Crippen LogP contribution is 2.63. The van der Waals surface area contributed by atoms with Gasteiger partial charge in [0.2, 0.25) is 0 Å². The van der Waals surface area contributed by atoms with E-state index in [1.165, 1.54) is 127 Å². The van der Waals surface area contributed by atoms with Crippen molar-refractivity contribution in [2.24, 2.45) is 80.3 Å². The van der Waals surface area contributed by atoms with Gasteiger partial charge < -0.3 is 40.2 Å². The van der Waals surface area contributed by atoms with Crippen LogP contribution in [0.5, 0.6) is 0 Å². The summed E-state index contributed by atoms with van der Waals surface area (Å²) in [6.07, 6.45) is 36.6. The summed E-state index contributed by atoms with van der Waals surface area (Å²) in [5.74, 6) is 6.62. The molecule has 0 aromatic carbocycles. The highest BCUT2D eigenvalue weighted by molar-refractivity contribution is 9.11. The zero-order valence-electron chi connectivity index (χ0n) is 67.8. The Morgan fingerprint density at radius 1 is 0.474 bits per heavy atom. The molecule has 8 rings (SSSR count). The van der Waals surface area contributed by atoms with E-state index in [4.69, 9.17) is 0 Å². The number of quaternary nitrogens is 1. The Bertz CT molecular complexity index is 2430. The van der Waals surface area contributed by atoms with E-state index in [1.807, 2.05) is 96.9 Å². The summed E-state index contributed by atoms with van der Waals surface area (Å²) in [6, 6.07) is 0. The number of hydrogen-bond acceptors (Lipinski definition) is 7. The lowest BCUT2D eigenvalue weighted by molar-refractivity contribution is -0.904. The molecule has 7 N–H and O–H groups in total. The molecular weight excluding hydrogens is 1260 g/mol. The molecule has 0 radical (unpaired) electrons. The zero-order valence-corrected chi connectivity index (χ0v) is 69.4. The summed E-state index contributed by atoms with van der Waals surface area (Å²) in [7, 11) is 2.29. The van der Waals surface area contributed by atoms with Gasteiger partial charge in [-0.25, -0.2) is 0 Å². The monoisotopic (exact) mass is 1420 g/mol. The van der Waals surface area contributed by atoms with Crippen LogP contribution in [0.4, 0.5) is 0 Å². The van der Waals surface area contributed by atoms with Crippen molar-refractivity contribution in [1.29, 1.82) is 0 Å². The van der Waals surface area contributed by atoms with Gasteiger partial charge in [-0.3, -0.25) is 0 Å². The maximum absolute atomic E-state index is 10.7. The quantitative estimate of drug-likeness (QED) is 0.0602. The number of rotatable bonds is 20. The molecular formula is C88H159BrNO7+. The van der Waals surface area contributed by atoms with Crippen LogP contribution in [0.2, 0.25) is 0 Å². The third kappa shape index (κ3) is 23.7. The van der Waals surface area contributed by atoms with Crippen molar-refractivity contribution in [2.75, 3.05) is 26.7 Å². The Morgan fingerprint density at radius 3 is 0.990 bits per heavy atom. The van der Waals surface area contributed by atoms with E-state index in [0.717, 1.165) is 103 Å². The second-order valence-corrected chi connectivity index (χ2v) is 36.8. The molecule has 16 atom stereocenters. The fourth-order valence-corrected chi connectivity index (χ4v) is 20.6. The van der Waals surface area contributed by atoms with Gasteiger partial charge in [0.15, 0.2) is 0 Å². The van der Waals surface area contributed by atoms with E-state index in [2.05, 4.69) is 128 Å². The zero-order chi connectivity index (χ0) is 74.1. The predicted octanol–water partition coefficient (Wildman–Crippen LogP) is 22.3. The van der Waals surface area contributed by atoms with Crippen LogP contribution >= 0.6 is 15.9 Å². The molecule has 8 fully saturated rings. The van der Waals surface area contributed by atoms with Crippen molar-refractivity contribution in [2.45, 2.75) is 367 Å². The van der Waals surface area contributed by atoms with Gasteiger partial charge in [0.25, 0.3) is 0 Å². The normalized spacial score (nSPS) is 34.7. The molecule has 8 aliphatic rings. The molecule has 0 heterocycles. The molecule has 0 aliphatic heterocycles. The van der Waals surface area contributed by atoms with E-state index in [9.17, 15) is 35.7 Å². The molecule has 0 spiro atoms. The summed E-state index contributed by atoms with van der Waals surface area (Å²) in [6.45, 7) is 60.9. The van der Waals surface area contributed by atoms with E-state index in [0.29, 0.717) is 52.8 Å². The first-order valence-corrected chi connectivity index (χ1v) is 41.1. The maximum Gasteiger partial charge on any atom is 0.0862 e. The predicted molar refractivity (Wildman–Crippen MR) is 421 cm³/mol. The Kier molecular flexibility index (Phi) is 35.4. The number of hydrogen-bond donors (Lipinski definition) is 7. The number of aliphatic hydroxyl groups excluding tert-OH is 4. The van der Waals surface area contributed by atoms with Crippen molar-refractivity contribution in [3.63, 3.8) is 0 Å². The van der Waals surface area contributed by atoms with Gasteiger partial charge in [0, 0.05) is 10.8 Å². The first-order valence-electron chi connectivity index (χ1n) is 40.2. The molecule has 0 saturated heterocycles. The molecule has 8 nitrogen and oxygen atoms in total. The molecule has 6 unspecified atom stereocenters. The first kappa shape index (κ1) is 89.6. The fraction of sp³-hybridized carbons (Fsp3) is 0.841. The van der Waals surface area contributed by atoms with Crippen molar-refractivity contribution >= 4 is 15.9 Å². The average Bonchev–Trinajstić information content (AvgIpc) is 1.66. The van der Waals surface area contributed by atoms with Crippen molar-refractivity contribution in [3.8, 4) is 0 Å². The van der Waals surface area contributed by atoms with Gasteiger partial charge in [0.05, 0.1) is 67.9 Å². The molecule has 8 aliphatic carbocycles. The molecule has 0 amide bonds. The van der Waals surface area contributed by atoms with E-state index < -0.39 is 52.0 Å². The molecule has 97 heavy (non-hydrogen) atoms. The number of nitrogens with zero attached hydrogens (tertiary/aromatic N) is 1. The molecule has 0 aromatic rings. The van der Waals surface area contributed by atoms with Crippen LogP contribution in [0.3, 0.4) is 0 Å². The van der Waals surface area contributed by atoms with Crippen LogP contribution in [0.25, 0.3) is 0 Å². The molecule has 564 valence electrons. The maximum atomic E-state index is 10.7. The lowest BCUT2D eigenvalue weighted by atomic mass is 9.60. The van der Waals surface area contributed by atoms with Gasteiger partial charge in [-0.2, -0.15) is 0 Å². The topological polar surface area (TPSA) is 142 Å². The van der Waals surface area contributed by atoms with Crippen molar-refractivity contribution in [1.82, 2.24) is 0 Å². The Hall–Kier alpha value is -1.66. The Balaban J connectivity index is 0.000000355. The minimum Gasteiger partial charge on any atom is -0.392 e. The summed E-state index contributed by atoms with van der Waals surface area (Å²) < 4.78 is 1.21. The lowest BCUT2D eigenvalue weighted by Gasteiger charge is -2.44. The summed E-state index contributed by atoms with van der Waals surface area (Å²) >= 11 is 3.60. The Morgan fingerprint density at radius 2 is 0.742 bits per heavy atom. The van der Waals surface area contributed by atoms with Crippen LogP contribution in [0.15, 0.2) is 81.5 Å². The van der Waals surface area contributed by atoms with E-state index >= 15 is 0 Å². The van der Waals surface area contributed by atoms with Gasteiger partial charge in [-0.15, -0.1) is 0 Å². The van der Waals surface area contributed by atoms with Crippen LogP contribution in [0.1, 0.15) is 326 Å². The molecule has 8 saturated carbocycles. The number of aliphatic hydroxyl groups is 7. The van der Waals surface area contributed by atoms with Crippen molar-refractivity contribution in [3.05, 3.63) is 81.5 Å². The molecule has 0 bridgehead atoms. The first-order chi connectivity index (χ1) is 45.0. The summed E-state index contributed by atoms with van der Waals surface area (Å²) in [5.41, 5.74) is 6.82. The van der Waals surface area contributed by atoms with E-state index in [-0.39, 0.29) is 0 Å². The second-order valence-electron chi connectivity index (χ2n) is 36.4. The number of allylic oxidation sites excluding steroid dienone is 7. The van der Waals surface area contributed by atoms with Gasteiger partial charge in [0.1, 0.15) is 0 Å². The number of fused-ring (bicyclic) bond motifs is 3. The lowest BCUT2D eigenvalue weighted by Crippen LogP contribution is -2.45. The minimum atomic E-state index is -0.701. The smallest absolute Gasteiger partial charge is 0.0862 e. The molecule has 0 aromatic heterocycles. The van der Waals surface area contributed by atoms with Crippen LogP contribution in [0, 0.1) is 80.3 Å². The summed E-state index contributed by atoms with van der Waals surface area (Å²) in [4.78, 5) is 2.22. The average molecular weight is 1420 g/mol. The third-order valence-electron chi connectivity index (χ3n) is 27.4. The third-order valence-corrected chi connectivity index (χ3v) is 28.0.